The van der Waals surface area contributed by atoms with Crippen molar-refractivity contribution in [1.82, 2.24) is 10.1 Å². The van der Waals surface area contributed by atoms with E-state index in [4.69, 9.17) is 4.52 Å². The summed E-state index contributed by atoms with van der Waals surface area (Å²) in [6, 6.07) is 7.94. The molecule has 1 atom stereocenters. The van der Waals surface area contributed by atoms with Gasteiger partial charge in [-0.05, 0) is 37.5 Å². The number of aromatic nitrogens is 1. The van der Waals surface area contributed by atoms with Gasteiger partial charge >= 0.3 is 0 Å². The van der Waals surface area contributed by atoms with Crippen LogP contribution in [0.5, 0.6) is 0 Å². The number of amides is 1. The summed E-state index contributed by atoms with van der Waals surface area (Å²) in [6.07, 6.45) is 1.81. The Labute approximate surface area is 116 Å². The Morgan fingerprint density at radius 3 is 2.80 bits per heavy atom. The minimum Gasteiger partial charge on any atom is -0.351 e. The first kappa shape index (κ1) is 12.8. The number of nitrogens with zero attached hydrogens (tertiary/aromatic N) is 2. The summed E-state index contributed by atoms with van der Waals surface area (Å²) in [5, 5.41) is 3.75. The van der Waals surface area contributed by atoms with Gasteiger partial charge in [-0.15, -0.1) is 0 Å². The van der Waals surface area contributed by atoms with Crippen molar-refractivity contribution in [2.45, 2.75) is 25.8 Å². The van der Waals surface area contributed by atoms with Crippen LogP contribution in [0.4, 0.5) is 4.39 Å². The number of carbonyl (C=O) groups excluding carboxylic acids is 1. The van der Waals surface area contributed by atoms with Gasteiger partial charge in [0.25, 0.3) is 5.91 Å². The quantitative estimate of drug-likeness (QED) is 0.845. The topological polar surface area (TPSA) is 46.3 Å². The average molecular weight is 274 g/mol. The van der Waals surface area contributed by atoms with E-state index >= 15 is 0 Å². The summed E-state index contributed by atoms with van der Waals surface area (Å²) in [7, 11) is 0. The van der Waals surface area contributed by atoms with Crippen LogP contribution in [0.25, 0.3) is 0 Å². The van der Waals surface area contributed by atoms with Crippen molar-refractivity contribution >= 4 is 5.91 Å². The number of hydrogen-bond acceptors (Lipinski definition) is 3. The molecule has 1 aliphatic heterocycles. The summed E-state index contributed by atoms with van der Waals surface area (Å²) in [4.78, 5) is 14.2. The Balaban J connectivity index is 1.85. The van der Waals surface area contributed by atoms with E-state index < -0.39 is 0 Å². The maximum absolute atomic E-state index is 13.0. The molecule has 0 spiro atoms. The van der Waals surface area contributed by atoms with Crippen LogP contribution in [0.15, 0.2) is 34.9 Å². The second-order valence-corrected chi connectivity index (χ2v) is 5.04. The highest BCUT2D eigenvalue weighted by atomic mass is 19.1. The molecule has 2 aromatic rings. The molecule has 0 aliphatic carbocycles. The summed E-state index contributed by atoms with van der Waals surface area (Å²) < 4.78 is 18.0. The van der Waals surface area contributed by atoms with Gasteiger partial charge < -0.3 is 9.42 Å². The standard InChI is InChI=1S/C15H15FN2O2/c1-10-9-14(20-17-10)15(19)18-8-2-3-13(18)11-4-6-12(16)7-5-11/h4-7,9,13H,2-3,8H2,1H3/t13-/m1/s1. The second-order valence-electron chi connectivity index (χ2n) is 5.04. The fourth-order valence-electron chi connectivity index (χ4n) is 2.65. The third-order valence-electron chi connectivity index (χ3n) is 3.61. The smallest absolute Gasteiger partial charge is 0.292 e. The summed E-state index contributed by atoms with van der Waals surface area (Å²) in [6.45, 7) is 2.46. The van der Waals surface area contributed by atoms with Crippen molar-refractivity contribution in [2.24, 2.45) is 0 Å². The first-order chi connectivity index (χ1) is 9.65. The fourth-order valence-corrected chi connectivity index (χ4v) is 2.65. The molecule has 2 heterocycles. The molecule has 0 saturated carbocycles. The van der Waals surface area contributed by atoms with Gasteiger partial charge in [-0.3, -0.25) is 4.79 Å². The van der Waals surface area contributed by atoms with E-state index in [2.05, 4.69) is 5.16 Å². The van der Waals surface area contributed by atoms with Crippen molar-refractivity contribution in [3.63, 3.8) is 0 Å². The molecule has 0 radical (unpaired) electrons. The largest absolute Gasteiger partial charge is 0.351 e. The van der Waals surface area contributed by atoms with E-state index in [0.717, 1.165) is 18.4 Å². The predicted molar refractivity (Wildman–Crippen MR) is 70.7 cm³/mol. The molecule has 4 nitrogen and oxygen atoms in total. The third-order valence-corrected chi connectivity index (χ3v) is 3.61. The molecule has 20 heavy (non-hydrogen) atoms. The number of halogens is 1. The summed E-state index contributed by atoms with van der Waals surface area (Å²) in [5.74, 6) is -0.163. The molecular formula is C15H15FN2O2. The molecule has 104 valence electrons. The fraction of sp³-hybridized carbons (Fsp3) is 0.333. The molecule has 1 saturated heterocycles. The zero-order valence-corrected chi connectivity index (χ0v) is 11.2. The molecule has 1 fully saturated rings. The van der Waals surface area contributed by atoms with E-state index in [1.54, 1.807) is 30.0 Å². The minimum atomic E-state index is -0.268. The van der Waals surface area contributed by atoms with Gasteiger partial charge in [0.1, 0.15) is 5.82 Å². The van der Waals surface area contributed by atoms with Crippen molar-refractivity contribution < 1.29 is 13.7 Å². The van der Waals surface area contributed by atoms with Crippen LogP contribution in [-0.2, 0) is 0 Å². The maximum Gasteiger partial charge on any atom is 0.292 e. The molecule has 1 aromatic carbocycles. The van der Waals surface area contributed by atoms with E-state index in [-0.39, 0.29) is 23.5 Å². The minimum absolute atomic E-state index is 0.0199. The molecule has 0 unspecified atom stereocenters. The highest BCUT2D eigenvalue weighted by Gasteiger charge is 2.32. The highest BCUT2D eigenvalue weighted by molar-refractivity contribution is 5.92. The number of benzene rings is 1. The van der Waals surface area contributed by atoms with Gasteiger partial charge in [0.05, 0.1) is 11.7 Å². The molecule has 5 heteroatoms. The van der Waals surface area contributed by atoms with Crippen LogP contribution in [0.3, 0.4) is 0 Å². The average Bonchev–Trinajstić information content (AvgIpc) is 3.07. The third kappa shape index (κ3) is 2.31. The molecule has 1 aliphatic rings. The van der Waals surface area contributed by atoms with E-state index in [0.29, 0.717) is 12.2 Å². The van der Waals surface area contributed by atoms with E-state index in [1.807, 2.05) is 0 Å². The predicted octanol–water partition coefficient (Wildman–Crippen LogP) is 3.10. The van der Waals surface area contributed by atoms with E-state index in [1.165, 1.54) is 12.1 Å². The summed E-state index contributed by atoms with van der Waals surface area (Å²) in [5.41, 5.74) is 1.64. The monoisotopic (exact) mass is 274 g/mol. The molecule has 0 N–H and O–H groups in total. The van der Waals surface area contributed by atoms with E-state index in [9.17, 15) is 9.18 Å². The van der Waals surface area contributed by atoms with Gasteiger partial charge in [0, 0.05) is 12.6 Å². The normalized spacial score (nSPS) is 18.5. The van der Waals surface area contributed by atoms with Gasteiger partial charge in [-0.1, -0.05) is 17.3 Å². The van der Waals surface area contributed by atoms with Crippen LogP contribution in [-0.4, -0.2) is 22.5 Å². The number of rotatable bonds is 2. The van der Waals surface area contributed by atoms with Gasteiger partial charge in [0.15, 0.2) is 0 Å². The lowest BCUT2D eigenvalue weighted by Gasteiger charge is -2.23. The first-order valence-electron chi connectivity index (χ1n) is 6.65. The molecule has 1 amide bonds. The Morgan fingerprint density at radius 1 is 1.40 bits per heavy atom. The lowest BCUT2D eigenvalue weighted by atomic mass is 10.0. The maximum atomic E-state index is 13.0. The number of hydrogen-bond donors (Lipinski definition) is 0. The number of aryl methyl sites for hydroxylation is 1. The molecule has 1 aromatic heterocycles. The number of carbonyl (C=O) groups is 1. The lowest BCUT2D eigenvalue weighted by Crippen LogP contribution is -2.30. The summed E-state index contributed by atoms with van der Waals surface area (Å²) >= 11 is 0. The zero-order valence-electron chi connectivity index (χ0n) is 11.2. The Kier molecular flexibility index (Phi) is 3.26. The van der Waals surface area contributed by atoms with Gasteiger partial charge in [-0.25, -0.2) is 4.39 Å². The molecule has 3 rings (SSSR count). The Bertz CT molecular complexity index is 621. The lowest BCUT2D eigenvalue weighted by molar-refractivity contribution is 0.0693. The highest BCUT2D eigenvalue weighted by Crippen LogP contribution is 2.33. The Hall–Kier alpha value is -2.17. The van der Waals surface area contributed by atoms with Crippen LogP contribution in [0.2, 0.25) is 0 Å². The van der Waals surface area contributed by atoms with Crippen LogP contribution < -0.4 is 0 Å². The van der Waals surface area contributed by atoms with Crippen LogP contribution >= 0.6 is 0 Å². The Morgan fingerprint density at radius 2 is 2.15 bits per heavy atom. The molecular weight excluding hydrogens is 259 g/mol. The second kappa shape index (κ2) is 5.07. The van der Waals surface area contributed by atoms with Crippen LogP contribution in [0.1, 0.15) is 40.7 Å². The van der Waals surface area contributed by atoms with Crippen molar-refractivity contribution in [1.29, 1.82) is 0 Å². The SMILES string of the molecule is Cc1cc(C(=O)N2CCC[C@@H]2c2ccc(F)cc2)on1. The van der Waals surface area contributed by atoms with Crippen molar-refractivity contribution in [3.8, 4) is 0 Å². The molecule has 0 bridgehead atoms. The zero-order chi connectivity index (χ0) is 14.1. The van der Waals surface area contributed by atoms with Gasteiger partial charge in [0.2, 0.25) is 5.76 Å². The van der Waals surface area contributed by atoms with Crippen LogP contribution in [0, 0.1) is 12.7 Å². The first-order valence-corrected chi connectivity index (χ1v) is 6.65. The van der Waals surface area contributed by atoms with Crippen molar-refractivity contribution in [2.75, 3.05) is 6.54 Å². The van der Waals surface area contributed by atoms with Gasteiger partial charge in [-0.2, -0.15) is 0 Å². The van der Waals surface area contributed by atoms with Crippen molar-refractivity contribution in [3.05, 3.63) is 53.2 Å². The number of likely N-dealkylation sites (tertiary alicyclic amines) is 1.